The number of rotatable bonds is 8. The third-order valence-electron chi connectivity index (χ3n) is 5.21. The van der Waals surface area contributed by atoms with E-state index in [2.05, 4.69) is 14.7 Å². The maximum absolute atomic E-state index is 14.3. The van der Waals surface area contributed by atoms with Gasteiger partial charge in [-0.2, -0.15) is 13.2 Å². The second-order valence-electron chi connectivity index (χ2n) is 8.04. The molecule has 14 heteroatoms. The predicted octanol–water partition coefficient (Wildman–Crippen LogP) is 5.09. The molecule has 0 aliphatic heterocycles. The van der Waals surface area contributed by atoms with Gasteiger partial charge in [-0.15, -0.1) is 0 Å². The summed E-state index contributed by atoms with van der Waals surface area (Å²) >= 11 is 0. The van der Waals surface area contributed by atoms with E-state index >= 15 is 0 Å². The van der Waals surface area contributed by atoms with Crippen molar-refractivity contribution in [2.45, 2.75) is 17.7 Å². The van der Waals surface area contributed by atoms with E-state index in [1.807, 2.05) is 0 Å². The van der Waals surface area contributed by atoms with Gasteiger partial charge < -0.3 is 14.9 Å². The number of nitrogens with zero attached hydrogens (tertiary/aromatic N) is 2. The number of carbonyl (C=O) groups is 1. The highest BCUT2D eigenvalue weighted by Crippen LogP contribution is 2.30. The van der Waals surface area contributed by atoms with Gasteiger partial charge >= 0.3 is 12.1 Å². The molecule has 0 amide bonds. The molecular weight excluding hydrogens is 546 g/mol. The number of alkyl halides is 3. The van der Waals surface area contributed by atoms with Crippen molar-refractivity contribution in [1.82, 2.24) is 9.97 Å². The van der Waals surface area contributed by atoms with Crippen LogP contribution in [0.4, 0.5) is 23.2 Å². The maximum Gasteiger partial charge on any atom is 0.416 e. The monoisotopic (exact) mass is 563 g/mol. The van der Waals surface area contributed by atoms with E-state index in [1.165, 1.54) is 30.6 Å². The minimum Gasteiger partial charge on any atom is -0.507 e. The highest BCUT2D eigenvalue weighted by molar-refractivity contribution is 7.92. The van der Waals surface area contributed by atoms with E-state index < -0.39 is 44.2 Å². The number of halogens is 4. The Bertz CT molecular complexity index is 1630. The number of ether oxygens (including phenoxy) is 1. The molecule has 0 radical (unpaired) electrons. The topological polar surface area (TPSA) is 139 Å². The number of carboxylic acids is 1. The molecule has 0 spiro atoms. The number of phenols is 1. The largest absolute Gasteiger partial charge is 0.507 e. The number of aromatic hydroxyl groups is 1. The van der Waals surface area contributed by atoms with Crippen molar-refractivity contribution >= 4 is 21.7 Å². The number of benzene rings is 3. The first-order chi connectivity index (χ1) is 18.3. The first kappa shape index (κ1) is 27.3. The summed E-state index contributed by atoms with van der Waals surface area (Å²) in [5.41, 5.74) is -0.994. The van der Waals surface area contributed by atoms with Crippen LogP contribution < -0.4 is 9.46 Å². The second kappa shape index (κ2) is 10.6. The number of hydrogen-bond donors (Lipinski definition) is 3. The SMILES string of the molecule is O=C(O)c1cc(OCc2cnc(-c3cc(F)cc(NS(=O)(=O)c4ccc(C(F)(F)F)cc4)c3)nc2)ccc1O. The molecule has 4 aromatic rings. The van der Waals surface area contributed by atoms with Gasteiger partial charge in [0.1, 0.15) is 29.5 Å². The van der Waals surface area contributed by atoms with Gasteiger partial charge in [0.25, 0.3) is 10.0 Å². The zero-order valence-electron chi connectivity index (χ0n) is 19.5. The molecule has 0 atom stereocenters. The summed E-state index contributed by atoms with van der Waals surface area (Å²) in [6.07, 6.45) is -1.92. The van der Waals surface area contributed by atoms with Gasteiger partial charge in [0.2, 0.25) is 0 Å². The van der Waals surface area contributed by atoms with Gasteiger partial charge in [-0.3, -0.25) is 4.72 Å². The summed E-state index contributed by atoms with van der Waals surface area (Å²) in [5, 5.41) is 18.6. The summed E-state index contributed by atoms with van der Waals surface area (Å²) < 4.78 is 85.4. The first-order valence-electron chi connectivity index (χ1n) is 10.8. The van der Waals surface area contributed by atoms with Crippen molar-refractivity contribution in [1.29, 1.82) is 0 Å². The lowest BCUT2D eigenvalue weighted by molar-refractivity contribution is -0.137. The summed E-state index contributed by atoms with van der Waals surface area (Å²) in [6, 6.07) is 9.71. The van der Waals surface area contributed by atoms with Crippen molar-refractivity contribution in [2.75, 3.05) is 4.72 Å². The number of carboxylic acid groups (broad SMARTS) is 1. The van der Waals surface area contributed by atoms with E-state index in [1.54, 1.807) is 0 Å². The molecular formula is C25H17F4N3O6S. The number of anilines is 1. The van der Waals surface area contributed by atoms with Gasteiger partial charge in [-0.25, -0.2) is 27.6 Å². The van der Waals surface area contributed by atoms with Gasteiger partial charge in [0.05, 0.1) is 16.1 Å². The fraction of sp³-hybridized carbons (Fsp3) is 0.0800. The van der Waals surface area contributed by atoms with Crippen molar-refractivity contribution in [3.63, 3.8) is 0 Å². The summed E-state index contributed by atoms with van der Waals surface area (Å²) in [6.45, 7) is -0.0640. The summed E-state index contributed by atoms with van der Waals surface area (Å²) in [4.78, 5) is 18.9. The average molecular weight is 563 g/mol. The number of nitrogens with one attached hydrogen (secondary N) is 1. The van der Waals surface area contributed by atoms with Gasteiger partial charge in [-0.05, 0) is 60.7 Å². The van der Waals surface area contributed by atoms with Crippen LogP contribution in [0.15, 0.2) is 78.0 Å². The van der Waals surface area contributed by atoms with Gasteiger partial charge in [0, 0.05) is 23.5 Å². The Morgan fingerprint density at radius 3 is 2.26 bits per heavy atom. The molecule has 1 heterocycles. The van der Waals surface area contributed by atoms with E-state index in [4.69, 9.17) is 9.84 Å². The first-order valence-corrected chi connectivity index (χ1v) is 12.3. The molecule has 0 unspecified atom stereocenters. The second-order valence-corrected chi connectivity index (χ2v) is 9.73. The lowest BCUT2D eigenvalue weighted by Gasteiger charge is -2.11. The van der Waals surface area contributed by atoms with E-state index in [9.17, 15) is 35.9 Å². The minimum atomic E-state index is -4.63. The molecule has 0 bridgehead atoms. The van der Waals surface area contributed by atoms with Crippen molar-refractivity contribution in [2.24, 2.45) is 0 Å². The molecule has 3 aromatic carbocycles. The molecule has 3 N–H and O–H groups in total. The molecule has 4 rings (SSSR count). The molecule has 202 valence electrons. The molecule has 0 saturated heterocycles. The maximum atomic E-state index is 14.3. The Morgan fingerprint density at radius 2 is 1.64 bits per heavy atom. The van der Waals surface area contributed by atoms with Crippen LogP contribution in [0.2, 0.25) is 0 Å². The minimum absolute atomic E-state index is 0.0334. The number of aromatic carboxylic acids is 1. The summed E-state index contributed by atoms with van der Waals surface area (Å²) in [5.74, 6) is -2.37. The number of hydrogen-bond acceptors (Lipinski definition) is 7. The van der Waals surface area contributed by atoms with Crippen LogP contribution in [0.3, 0.4) is 0 Å². The van der Waals surface area contributed by atoms with Crippen LogP contribution in [0.5, 0.6) is 11.5 Å². The molecule has 9 nitrogen and oxygen atoms in total. The standard InChI is InChI=1S/C25H17F4N3O6S/c26-17-7-15(8-18(9-17)32-39(36,37)20-4-1-16(2-5-20)25(27,28)29)23-30-11-14(12-31-23)13-38-19-3-6-22(33)21(10-19)24(34)35/h1-12,32-33H,13H2,(H,34,35). The lowest BCUT2D eigenvalue weighted by Crippen LogP contribution is -2.14. The third-order valence-corrected chi connectivity index (χ3v) is 6.61. The Kier molecular flexibility index (Phi) is 7.40. The Balaban J connectivity index is 1.48. The number of aromatic nitrogens is 2. The van der Waals surface area contributed by atoms with Crippen molar-refractivity contribution in [3.05, 3.63) is 95.6 Å². The van der Waals surface area contributed by atoms with Gasteiger partial charge in [-0.1, -0.05) is 0 Å². The lowest BCUT2D eigenvalue weighted by atomic mass is 10.2. The quantitative estimate of drug-likeness (QED) is 0.252. The number of sulfonamides is 1. The molecule has 0 saturated carbocycles. The Labute approximate surface area is 218 Å². The predicted molar refractivity (Wildman–Crippen MR) is 129 cm³/mol. The zero-order valence-corrected chi connectivity index (χ0v) is 20.3. The van der Waals surface area contributed by atoms with Crippen LogP contribution in [0.25, 0.3) is 11.4 Å². The van der Waals surface area contributed by atoms with Crippen LogP contribution in [0.1, 0.15) is 21.5 Å². The molecule has 0 aliphatic carbocycles. The highest BCUT2D eigenvalue weighted by atomic mass is 32.2. The smallest absolute Gasteiger partial charge is 0.416 e. The van der Waals surface area contributed by atoms with E-state index in [0.717, 1.165) is 30.3 Å². The Morgan fingerprint density at radius 1 is 0.974 bits per heavy atom. The van der Waals surface area contributed by atoms with Crippen LogP contribution in [0, 0.1) is 5.82 Å². The highest BCUT2D eigenvalue weighted by Gasteiger charge is 2.30. The van der Waals surface area contributed by atoms with Crippen LogP contribution >= 0.6 is 0 Å². The van der Waals surface area contributed by atoms with Crippen molar-refractivity contribution < 1.29 is 45.7 Å². The Hall–Kier alpha value is -4.72. The molecule has 1 aromatic heterocycles. The average Bonchev–Trinajstić information content (AvgIpc) is 2.87. The van der Waals surface area contributed by atoms with Crippen LogP contribution in [-0.2, 0) is 22.8 Å². The molecule has 0 fully saturated rings. The van der Waals surface area contributed by atoms with Gasteiger partial charge in [0.15, 0.2) is 5.82 Å². The summed E-state index contributed by atoms with van der Waals surface area (Å²) in [7, 11) is -4.34. The van der Waals surface area contributed by atoms with Crippen molar-refractivity contribution in [3.8, 4) is 22.9 Å². The molecule has 0 aliphatic rings. The van der Waals surface area contributed by atoms with E-state index in [-0.39, 0.29) is 35.0 Å². The third kappa shape index (κ3) is 6.59. The normalized spacial score (nSPS) is 11.7. The van der Waals surface area contributed by atoms with E-state index in [0.29, 0.717) is 17.7 Å². The molecule has 39 heavy (non-hydrogen) atoms. The fourth-order valence-electron chi connectivity index (χ4n) is 3.34. The fourth-order valence-corrected chi connectivity index (χ4v) is 4.38. The van der Waals surface area contributed by atoms with Crippen LogP contribution in [-0.4, -0.2) is 34.6 Å². The zero-order chi connectivity index (χ0) is 28.4.